The Hall–Kier alpha value is -5.21. The molecule has 14 heteroatoms. The standard InChI is InChI=1S/C38H38N4O8S2/c1-5-40(6-2)26-17-11-22(12-18-26)29-30-31(34(45)42(33(30)44)27-19-13-24(14-20-27)37(47)50-8-4)51-35-32(29)52-38(48)41(35)21-28(43)39-25-15-9-23(10-16-25)36(46)49-7-3/h9-20,29-31H,5-8,21H2,1-4H3,(H,39,43). The van der Waals surface area contributed by atoms with Crippen molar-refractivity contribution in [2.24, 2.45) is 5.92 Å². The smallest absolute Gasteiger partial charge is 0.338 e. The Morgan fingerprint density at radius 1 is 0.769 bits per heavy atom. The molecule has 1 saturated heterocycles. The van der Waals surface area contributed by atoms with Crippen LogP contribution in [0.1, 0.15) is 64.8 Å². The number of ether oxygens (including phenoxy) is 2. The van der Waals surface area contributed by atoms with Crippen LogP contribution in [0.2, 0.25) is 0 Å². The number of esters is 2. The van der Waals surface area contributed by atoms with E-state index in [1.807, 2.05) is 24.3 Å². The number of hydrogen-bond donors (Lipinski definition) is 1. The van der Waals surface area contributed by atoms with Crippen LogP contribution in [-0.2, 0) is 30.4 Å². The summed E-state index contributed by atoms with van der Waals surface area (Å²) in [5.74, 6) is -3.78. The number of hydrogen-bond acceptors (Lipinski definition) is 11. The molecule has 4 aromatic rings. The van der Waals surface area contributed by atoms with Crippen molar-refractivity contribution in [3.8, 4) is 0 Å². The van der Waals surface area contributed by atoms with Crippen LogP contribution in [0, 0.1) is 5.92 Å². The molecule has 0 saturated carbocycles. The van der Waals surface area contributed by atoms with Gasteiger partial charge in [-0.3, -0.25) is 23.7 Å². The minimum atomic E-state index is -0.879. The molecule has 3 heterocycles. The first kappa shape index (κ1) is 36.6. The van der Waals surface area contributed by atoms with Gasteiger partial charge in [-0.15, -0.1) is 0 Å². The average molecular weight is 743 g/mol. The highest BCUT2D eigenvalue weighted by Gasteiger charge is 2.56. The maximum absolute atomic E-state index is 14.3. The maximum Gasteiger partial charge on any atom is 0.338 e. The minimum absolute atomic E-state index is 0.211. The van der Waals surface area contributed by atoms with Crippen LogP contribution in [-0.4, -0.2) is 65.8 Å². The number of nitrogens with one attached hydrogen (secondary N) is 1. The van der Waals surface area contributed by atoms with Crippen molar-refractivity contribution >= 4 is 69.8 Å². The second-order valence-corrected chi connectivity index (χ2v) is 14.2. The first-order valence-corrected chi connectivity index (χ1v) is 18.8. The van der Waals surface area contributed by atoms with E-state index in [4.69, 9.17) is 9.47 Å². The van der Waals surface area contributed by atoms with Gasteiger partial charge in [0.05, 0.1) is 41.0 Å². The summed E-state index contributed by atoms with van der Waals surface area (Å²) in [4.78, 5) is 83.3. The zero-order valence-corrected chi connectivity index (χ0v) is 30.8. The first-order valence-electron chi connectivity index (χ1n) is 17.1. The molecule has 3 atom stereocenters. The lowest BCUT2D eigenvalue weighted by Gasteiger charge is -2.31. The Balaban J connectivity index is 1.34. The highest BCUT2D eigenvalue weighted by Crippen LogP contribution is 2.54. The van der Waals surface area contributed by atoms with Gasteiger partial charge in [-0.05, 0) is 93.9 Å². The van der Waals surface area contributed by atoms with Gasteiger partial charge in [-0.25, -0.2) is 14.5 Å². The maximum atomic E-state index is 14.3. The van der Waals surface area contributed by atoms with Crippen molar-refractivity contribution in [3.05, 3.63) is 104 Å². The number of thioether (sulfide) groups is 1. The number of anilines is 3. The summed E-state index contributed by atoms with van der Waals surface area (Å²) >= 11 is 2.09. The lowest BCUT2D eigenvalue weighted by molar-refractivity contribution is -0.122. The number of imide groups is 1. The molecule has 1 aromatic heterocycles. The highest BCUT2D eigenvalue weighted by atomic mass is 32.2. The molecule has 0 aliphatic carbocycles. The lowest BCUT2D eigenvalue weighted by Crippen LogP contribution is -2.33. The third kappa shape index (κ3) is 7.00. The summed E-state index contributed by atoms with van der Waals surface area (Å²) < 4.78 is 11.5. The van der Waals surface area contributed by atoms with Crippen molar-refractivity contribution in [2.45, 2.75) is 50.4 Å². The van der Waals surface area contributed by atoms with E-state index >= 15 is 0 Å². The topological polar surface area (TPSA) is 144 Å². The molecule has 2 aliphatic heterocycles. The summed E-state index contributed by atoms with van der Waals surface area (Å²) in [6.07, 6.45) is 0. The lowest BCUT2D eigenvalue weighted by atomic mass is 9.83. The number of rotatable bonds is 12. The highest BCUT2D eigenvalue weighted by molar-refractivity contribution is 8.00. The van der Waals surface area contributed by atoms with Crippen LogP contribution < -0.4 is 20.0 Å². The van der Waals surface area contributed by atoms with E-state index in [0.29, 0.717) is 32.4 Å². The number of carbonyl (C=O) groups excluding carboxylic acids is 5. The van der Waals surface area contributed by atoms with Crippen molar-refractivity contribution in [1.29, 1.82) is 0 Å². The molecular formula is C38H38N4O8S2. The summed E-state index contributed by atoms with van der Waals surface area (Å²) in [7, 11) is 0. The van der Waals surface area contributed by atoms with Crippen molar-refractivity contribution in [1.82, 2.24) is 4.57 Å². The van der Waals surface area contributed by atoms with Crippen LogP contribution in [0.5, 0.6) is 0 Å². The van der Waals surface area contributed by atoms with Gasteiger partial charge in [0.25, 0.3) is 0 Å². The Kier molecular flexibility index (Phi) is 11.0. The van der Waals surface area contributed by atoms with Gasteiger partial charge in [0.2, 0.25) is 17.7 Å². The molecule has 2 aliphatic rings. The average Bonchev–Trinajstić information content (AvgIpc) is 3.59. The van der Waals surface area contributed by atoms with E-state index in [9.17, 15) is 28.8 Å². The number of thiazole rings is 1. The molecule has 0 bridgehead atoms. The van der Waals surface area contributed by atoms with Gasteiger partial charge in [-0.1, -0.05) is 35.2 Å². The zero-order valence-electron chi connectivity index (χ0n) is 29.1. The molecule has 1 N–H and O–H groups in total. The van der Waals surface area contributed by atoms with Crippen LogP contribution >= 0.6 is 23.1 Å². The molecule has 12 nitrogen and oxygen atoms in total. The number of nitrogens with zero attached hydrogens (tertiary/aromatic N) is 3. The van der Waals surface area contributed by atoms with Gasteiger partial charge in [0.15, 0.2) is 0 Å². The summed E-state index contributed by atoms with van der Waals surface area (Å²) in [5.41, 5.74) is 3.16. The molecule has 1 fully saturated rings. The van der Waals surface area contributed by atoms with E-state index in [1.165, 1.54) is 28.8 Å². The van der Waals surface area contributed by atoms with Gasteiger partial charge in [0.1, 0.15) is 11.8 Å². The van der Waals surface area contributed by atoms with Gasteiger partial charge < -0.3 is 19.7 Å². The van der Waals surface area contributed by atoms with E-state index in [2.05, 4.69) is 24.1 Å². The van der Waals surface area contributed by atoms with Crippen molar-refractivity contribution in [3.63, 3.8) is 0 Å². The zero-order chi connectivity index (χ0) is 37.1. The fraction of sp³-hybridized carbons (Fsp3) is 0.316. The SMILES string of the molecule is CCOC(=O)c1ccc(NC(=O)Cn2c3c(sc2=O)C(c2ccc(N(CC)CC)cc2)C2C(=O)N(c4ccc(C(=O)OCC)cc4)C(=O)C2S3)cc1. The Morgan fingerprint density at radius 2 is 1.35 bits per heavy atom. The van der Waals surface area contributed by atoms with E-state index in [-0.39, 0.29) is 24.6 Å². The van der Waals surface area contributed by atoms with Gasteiger partial charge >= 0.3 is 16.8 Å². The second kappa shape index (κ2) is 15.6. The number of aromatic nitrogens is 1. The Bertz CT molecular complexity index is 2050. The minimum Gasteiger partial charge on any atom is -0.462 e. The number of benzene rings is 3. The molecule has 270 valence electrons. The van der Waals surface area contributed by atoms with Crippen LogP contribution in [0.3, 0.4) is 0 Å². The Labute approximate surface area is 308 Å². The van der Waals surface area contributed by atoms with Crippen LogP contribution in [0.4, 0.5) is 17.1 Å². The molecular weight excluding hydrogens is 705 g/mol. The third-order valence-electron chi connectivity index (χ3n) is 9.05. The predicted molar refractivity (Wildman–Crippen MR) is 199 cm³/mol. The molecule has 3 aromatic carbocycles. The molecule has 3 amide bonds. The van der Waals surface area contributed by atoms with Crippen LogP contribution in [0.15, 0.2) is 82.6 Å². The largest absolute Gasteiger partial charge is 0.462 e. The van der Waals surface area contributed by atoms with Gasteiger partial charge in [-0.2, -0.15) is 0 Å². The van der Waals surface area contributed by atoms with Crippen molar-refractivity contribution in [2.75, 3.05) is 41.4 Å². The summed E-state index contributed by atoms with van der Waals surface area (Å²) in [5, 5.41) is 2.35. The van der Waals surface area contributed by atoms with Gasteiger partial charge in [0, 0.05) is 35.3 Å². The normalized spacial score (nSPS) is 17.7. The number of carbonyl (C=O) groups is 5. The summed E-state index contributed by atoms with van der Waals surface area (Å²) in [6.45, 7) is 9.29. The summed E-state index contributed by atoms with van der Waals surface area (Å²) in [6, 6.07) is 20.2. The molecule has 52 heavy (non-hydrogen) atoms. The van der Waals surface area contributed by atoms with E-state index in [1.54, 1.807) is 38.1 Å². The van der Waals surface area contributed by atoms with E-state index < -0.39 is 46.7 Å². The number of fused-ring (bicyclic) bond motifs is 2. The van der Waals surface area contributed by atoms with Crippen LogP contribution in [0.25, 0.3) is 0 Å². The van der Waals surface area contributed by atoms with Crippen molar-refractivity contribution < 1.29 is 33.4 Å². The quantitative estimate of drug-likeness (QED) is 0.145. The molecule has 3 unspecified atom stereocenters. The monoisotopic (exact) mass is 742 g/mol. The third-order valence-corrected chi connectivity index (χ3v) is 11.7. The molecule has 6 rings (SSSR count). The first-order chi connectivity index (χ1) is 25.1. The number of amides is 3. The molecule has 0 radical (unpaired) electrons. The Morgan fingerprint density at radius 3 is 1.90 bits per heavy atom. The van der Waals surface area contributed by atoms with E-state index in [0.717, 1.165) is 52.3 Å². The second-order valence-electron chi connectivity index (χ2n) is 12.1. The fourth-order valence-electron chi connectivity index (χ4n) is 6.56. The fourth-order valence-corrected chi connectivity index (χ4v) is 9.33. The molecule has 0 spiro atoms. The predicted octanol–water partition coefficient (Wildman–Crippen LogP) is 5.54.